The fourth-order valence-corrected chi connectivity index (χ4v) is 7.78. The summed E-state index contributed by atoms with van der Waals surface area (Å²) in [5.74, 6) is -0.897. The van der Waals surface area contributed by atoms with Gasteiger partial charge in [0, 0.05) is 56.7 Å². The molecule has 7 nitrogen and oxygen atoms in total. The van der Waals surface area contributed by atoms with Crippen LogP contribution in [-0.4, -0.2) is 65.3 Å². The molecule has 3 saturated heterocycles. The second-order valence-electron chi connectivity index (χ2n) is 12.9. The predicted octanol–water partition coefficient (Wildman–Crippen LogP) is 5.78. The molecule has 0 amide bonds. The van der Waals surface area contributed by atoms with Crippen molar-refractivity contribution >= 4 is 5.69 Å². The lowest BCUT2D eigenvalue weighted by Crippen LogP contribution is -2.67. The van der Waals surface area contributed by atoms with E-state index >= 15 is 0 Å². The molecule has 1 saturated carbocycles. The van der Waals surface area contributed by atoms with Crippen molar-refractivity contribution in [1.29, 1.82) is 0 Å². The van der Waals surface area contributed by atoms with Crippen molar-refractivity contribution in [1.82, 2.24) is 4.90 Å². The van der Waals surface area contributed by atoms with Gasteiger partial charge in [0.1, 0.15) is 5.60 Å². The molecule has 2 N–H and O–H groups in total. The highest BCUT2D eigenvalue weighted by molar-refractivity contribution is 5.46. The summed E-state index contributed by atoms with van der Waals surface area (Å²) < 4.78 is 18.8. The number of piperazine rings is 1. The molecule has 0 bridgehead atoms. The first-order chi connectivity index (χ1) is 20.2. The Morgan fingerprint density at radius 1 is 0.881 bits per heavy atom. The fraction of sp³-hybridized carbons (Fsp3) is 0.657. The number of nitrogens with zero attached hydrogens (tertiary/aromatic N) is 2. The van der Waals surface area contributed by atoms with Crippen molar-refractivity contribution in [3.63, 3.8) is 0 Å². The highest BCUT2D eigenvalue weighted by atomic mass is 16.8. The van der Waals surface area contributed by atoms with Crippen molar-refractivity contribution in [2.45, 2.75) is 97.4 Å². The zero-order valence-corrected chi connectivity index (χ0v) is 26.2. The van der Waals surface area contributed by atoms with Crippen LogP contribution in [0.5, 0.6) is 0 Å². The summed E-state index contributed by atoms with van der Waals surface area (Å²) in [6.07, 6.45) is 1.79. The van der Waals surface area contributed by atoms with E-state index in [1.54, 1.807) is 6.92 Å². The van der Waals surface area contributed by atoms with Crippen LogP contribution in [0, 0.1) is 23.7 Å². The first-order valence-electron chi connectivity index (χ1n) is 16.2. The Labute approximate surface area is 252 Å². The Hall–Kier alpha value is -2.00. The number of ether oxygens (including phenoxy) is 3. The molecule has 2 aromatic rings. The van der Waals surface area contributed by atoms with Crippen LogP contribution in [0.1, 0.15) is 71.4 Å². The molecule has 1 aliphatic carbocycles. The van der Waals surface area contributed by atoms with Crippen LogP contribution < -0.4 is 4.90 Å². The summed E-state index contributed by atoms with van der Waals surface area (Å²) in [6.45, 7) is 15.5. The van der Waals surface area contributed by atoms with Gasteiger partial charge in [-0.25, -0.2) is 0 Å². The normalized spacial score (nSPS) is 36.8. The highest BCUT2D eigenvalue weighted by Crippen LogP contribution is 2.55. The molecule has 8 atom stereocenters. The average Bonchev–Trinajstić information content (AvgIpc) is 3.10. The van der Waals surface area contributed by atoms with Crippen LogP contribution in [-0.2, 0) is 27.4 Å². The lowest BCUT2D eigenvalue weighted by molar-refractivity contribution is -0.409. The molecule has 2 aromatic carbocycles. The molecule has 4 unspecified atom stereocenters. The molecule has 3 heterocycles. The van der Waals surface area contributed by atoms with E-state index in [-0.39, 0.29) is 17.8 Å². The average molecular weight is 581 g/mol. The molecular formula is C35H52N2O5. The number of aliphatic hydroxyl groups is 2. The number of benzene rings is 2. The quantitative estimate of drug-likeness (QED) is 0.449. The van der Waals surface area contributed by atoms with E-state index in [1.807, 2.05) is 13.8 Å². The smallest absolute Gasteiger partial charge is 0.193 e. The molecule has 232 valence electrons. The minimum absolute atomic E-state index is 0.00670. The highest BCUT2D eigenvalue weighted by Gasteiger charge is 2.63. The summed E-state index contributed by atoms with van der Waals surface area (Å²) in [5.41, 5.74) is 2.59. The topological polar surface area (TPSA) is 74.6 Å². The predicted molar refractivity (Wildman–Crippen MR) is 166 cm³/mol. The third kappa shape index (κ3) is 6.57. The molecule has 0 aromatic heterocycles. The van der Waals surface area contributed by atoms with Gasteiger partial charge in [-0.15, -0.1) is 0 Å². The SMILES string of the molecule is CC.CC1C(OCc2cccc(CN3CCN(c4ccccc4)CC3)c2)OC2O[C@](C)(O)CC[C@H]3[C@H](C)CCC1[C@@]23O. The largest absolute Gasteiger partial charge is 0.384 e. The molecule has 0 radical (unpaired) electrons. The van der Waals surface area contributed by atoms with Crippen molar-refractivity contribution in [2.24, 2.45) is 23.7 Å². The van der Waals surface area contributed by atoms with E-state index in [1.165, 1.54) is 11.3 Å². The van der Waals surface area contributed by atoms with Crippen LogP contribution in [0.4, 0.5) is 5.69 Å². The Balaban J connectivity index is 0.00000173. The van der Waals surface area contributed by atoms with Gasteiger partial charge in [0.15, 0.2) is 18.4 Å². The van der Waals surface area contributed by atoms with Crippen LogP contribution in [0.15, 0.2) is 54.6 Å². The number of hydrogen-bond donors (Lipinski definition) is 2. The van der Waals surface area contributed by atoms with Gasteiger partial charge in [0.05, 0.1) is 6.61 Å². The van der Waals surface area contributed by atoms with Gasteiger partial charge < -0.3 is 29.3 Å². The van der Waals surface area contributed by atoms with E-state index in [0.29, 0.717) is 18.9 Å². The molecule has 4 fully saturated rings. The Bertz CT molecular complexity index is 1140. The zero-order chi connectivity index (χ0) is 29.9. The zero-order valence-electron chi connectivity index (χ0n) is 26.2. The maximum atomic E-state index is 12.1. The third-order valence-electron chi connectivity index (χ3n) is 10.1. The van der Waals surface area contributed by atoms with Gasteiger partial charge in [0.2, 0.25) is 0 Å². The lowest BCUT2D eigenvalue weighted by atomic mass is 9.58. The Kier molecular flexibility index (Phi) is 9.97. The first kappa shape index (κ1) is 31.4. The van der Waals surface area contributed by atoms with Crippen LogP contribution in [0.2, 0.25) is 0 Å². The summed E-state index contributed by atoms with van der Waals surface area (Å²) in [5, 5.41) is 22.9. The van der Waals surface area contributed by atoms with E-state index in [0.717, 1.165) is 57.5 Å². The van der Waals surface area contributed by atoms with Crippen LogP contribution >= 0.6 is 0 Å². The second kappa shape index (κ2) is 13.3. The van der Waals surface area contributed by atoms with Crippen molar-refractivity contribution in [3.8, 4) is 0 Å². The molecule has 6 rings (SSSR count). The lowest BCUT2D eigenvalue weighted by Gasteiger charge is -2.57. The monoisotopic (exact) mass is 580 g/mol. The molecule has 3 aliphatic heterocycles. The van der Waals surface area contributed by atoms with Gasteiger partial charge >= 0.3 is 0 Å². The minimum atomic E-state index is -1.33. The number of para-hydroxylation sites is 1. The summed E-state index contributed by atoms with van der Waals surface area (Å²) in [4.78, 5) is 4.97. The number of hydrogen-bond acceptors (Lipinski definition) is 7. The summed E-state index contributed by atoms with van der Waals surface area (Å²) in [6, 6.07) is 19.3. The molecule has 4 aliphatic rings. The molecule has 7 heteroatoms. The summed E-state index contributed by atoms with van der Waals surface area (Å²) in [7, 11) is 0. The Morgan fingerprint density at radius 3 is 2.33 bits per heavy atom. The van der Waals surface area contributed by atoms with E-state index < -0.39 is 24.0 Å². The number of rotatable bonds is 6. The van der Waals surface area contributed by atoms with Crippen molar-refractivity contribution < 1.29 is 24.4 Å². The number of anilines is 1. The van der Waals surface area contributed by atoms with E-state index in [4.69, 9.17) is 14.2 Å². The third-order valence-corrected chi connectivity index (χ3v) is 10.1. The van der Waals surface area contributed by atoms with Gasteiger partial charge in [-0.2, -0.15) is 0 Å². The van der Waals surface area contributed by atoms with Crippen LogP contribution in [0.25, 0.3) is 0 Å². The van der Waals surface area contributed by atoms with Gasteiger partial charge in [-0.1, -0.05) is 70.2 Å². The van der Waals surface area contributed by atoms with Crippen LogP contribution in [0.3, 0.4) is 0 Å². The maximum Gasteiger partial charge on any atom is 0.193 e. The summed E-state index contributed by atoms with van der Waals surface area (Å²) >= 11 is 0. The standard InChI is InChI=1S/C33H46N2O5.C2H6/c1-23-12-13-29-24(2)30(39-31-33(29,37)28(23)14-15-32(3,36)40-31)38-22-26-9-7-8-25(20-26)21-34-16-18-35(19-17-34)27-10-5-4-6-11-27;1-2/h4-11,20,23-24,28-31,36-37H,12-19,21-22H2,1-3H3;1-2H3/t23-,24?,28+,29?,30?,31?,32+,33-;/m1./s1. The minimum Gasteiger partial charge on any atom is -0.384 e. The second-order valence-corrected chi connectivity index (χ2v) is 12.9. The van der Waals surface area contributed by atoms with Crippen molar-refractivity contribution in [2.75, 3.05) is 31.1 Å². The van der Waals surface area contributed by atoms with Gasteiger partial charge in [-0.05, 0) is 61.3 Å². The molecule has 0 spiro atoms. The molecular weight excluding hydrogens is 528 g/mol. The van der Waals surface area contributed by atoms with E-state index in [2.05, 4.69) is 78.2 Å². The van der Waals surface area contributed by atoms with Gasteiger partial charge in [-0.3, -0.25) is 4.90 Å². The van der Waals surface area contributed by atoms with Crippen molar-refractivity contribution in [3.05, 3.63) is 65.7 Å². The maximum absolute atomic E-state index is 12.1. The molecule has 42 heavy (non-hydrogen) atoms. The Morgan fingerprint density at radius 2 is 1.60 bits per heavy atom. The first-order valence-corrected chi connectivity index (χ1v) is 16.2. The van der Waals surface area contributed by atoms with E-state index in [9.17, 15) is 10.2 Å². The van der Waals surface area contributed by atoms with Gasteiger partial charge in [0.25, 0.3) is 0 Å². The fourth-order valence-electron chi connectivity index (χ4n) is 7.78.